The quantitative estimate of drug-likeness (QED) is 0.909. The summed E-state index contributed by atoms with van der Waals surface area (Å²) in [6.07, 6.45) is 1.75. The standard InChI is InChI=1S/C14H14BrN3O2/c1-18(9-7-13(19)20)12-6-8-16-14(17-12)10-4-2-3-5-11(10)15/h2-6,8H,7,9H2,1H3,(H,19,20). The molecule has 0 atom stereocenters. The Balaban J connectivity index is 2.24. The molecule has 0 unspecified atom stereocenters. The van der Waals surface area contributed by atoms with E-state index >= 15 is 0 Å². The van der Waals surface area contributed by atoms with Crippen LogP contribution in [-0.4, -0.2) is 34.6 Å². The number of carbonyl (C=O) groups is 1. The van der Waals surface area contributed by atoms with Gasteiger partial charge in [-0.05, 0) is 12.1 Å². The van der Waals surface area contributed by atoms with Crippen LogP contribution < -0.4 is 4.90 Å². The molecule has 1 N–H and O–H groups in total. The molecule has 0 aliphatic rings. The van der Waals surface area contributed by atoms with Crippen molar-refractivity contribution in [3.63, 3.8) is 0 Å². The molecule has 2 aromatic rings. The maximum atomic E-state index is 10.6. The minimum atomic E-state index is -0.822. The van der Waals surface area contributed by atoms with E-state index in [-0.39, 0.29) is 6.42 Å². The summed E-state index contributed by atoms with van der Waals surface area (Å²) in [6.45, 7) is 0.405. The molecular weight excluding hydrogens is 322 g/mol. The number of halogens is 1. The first-order valence-corrected chi connectivity index (χ1v) is 6.88. The molecule has 0 radical (unpaired) electrons. The molecule has 0 aliphatic heterocycles. The van der Waals surface area contributed by atoms with E-state index in [0.717, 1.165) is 10.0 Å². The Morgan fingerprint density at radius 1 is 1.35 bits per heavy atom. The highest BCUT2D eigenvalue weighted by Crippen LogP contribution is 2.25. The third-order valence-electron chi connectivity index (χ3n) is 2.81. The first-order valence-electron chi connectivity index (χ1n) is 6.09. The van der Waals surface area contributed by atoms with Crippen LogP contribution in [0.5, 0.6) is 0 Å². The summed E-state index contributed by atoms with van der Waals surface area (Å²) in [5, 5.41) is 8.71. The van der Waals surface area contributed by atoms with Crippen LogP contribution >= 0.6 is 15.9 Å². The SMILES string of the molecule is CN(CCC(=O)O)c1ccnc(-c2ccccc2Br)n1. The lowest BCUT2D eigenvalue weighted by atomic mass is 10.2. The molecule has 0 bridgehead atoms. The van der Waals surface area contributed by atoms with Crippen LogP contribution in [0.15, 0.2) is 41.0 Å². The maximum Gasteiger partial charge on any atom is 0.305 e. The number of hydrogen-bond acceptors (Lipinski definition) is 4. The van der Waals surface area contributed by atoms with Crippen molar-refractivity contribution in [1.82, 2.24) is 9.97 Å². The van der Waals surface area contributed by atoms with Crippen LogP contribution in [0.1, 0.15) is 6.42 Å². The first-order chi connectivity index (χ1) is 9.58. The molecule has 0 saturated heterocycles. The Morgan fingerprint density at radius 2 is 2.10 bits per heavy atom. The normalized spacial score (nSPS) is 10.3. The fraction of sp³-hybridized carbons (Fsp3) is 0.214. The zero-order valence-electron chi connectivity index (χ0n) is 11.0. The number of carboxylic acids is 1. The minimum absolute atomic E-state index is 0.0743. The summed E-state index contributed by atoms with van der Waals surface area (Å²) in [6, 6.07) is 9.48. The van der Waals surface area contributed by atoms with Gasteiger partial charge >= 0.3 is 5.97 Å². The van der Waals surface area contributed by atoms with Crippen molar-refractivity contribution in [2.45, 2.75) is 6.42 Å². The van der Waals surface area contributed by atoms with Gasteiger partial charge in [-0.1, -0.05) is 34.1 Å². The summed E-state index contributed by atoms with van der Waals surface area (Å²) in [5.41, 5.74) is 0.904. The molecule has 0 fully saturated rings. The predicted octanol–water partition coefficient (Wildman–Crippen LogP) is 2.82. The van der Waals surface area contributed by atoms with Gasteiger partial charge in [0.05, 0.1) is 6.42 Å². The van der Waals surface area contributed by atoms with Crippen LogP contribution in [0.3, 0.4) is 0 Å². The molecule has 1 aromatic heterocycles. The van der Waals surface area contributed by atoms with E-state index < -0.39 is 5.97 Å². The molecule has 1 heterocycles. The lowest BCUT2D eigenvalue weighted by Gasteiger charge is -2.17. The van der Waals surface area contributed by atoms with Gasteiger partial charge in [0.25, 0.3) is 0 Å². The number of aromatic nitrogens is 2. The number of aliphatic carboxylic acids is 1. The largest absolute Gasteiger partial charge is 0.481 e. The first kappa shape index (κ1) is 14.5. The monoisotopic (exact) mass is 335 g/mol. The second-order valence-corrected chi connectivity index (χ2v) is 5.14. The van der Waals surface area contributed by atoms with Crippen molar-refractivity contribution in [2.75, 3.05) is 18.5 Å². The summed E-state index contributed by atoms with van der Waals surface area (Å²) in [7, 11) is 1.81. The van der Waals surface area contributed by atoms with Crippen molar-refractivity contribution >= 4 is 27.7 Å². The molecule has 0 amide bonds. The van der Waals surface area contributed by atoms with Gasteiger partial charge in [0.15, 0.2) is 5.82 Å². The molecule has 0 aliphatic carbocycles. The Morgan fingerprint density at radius 3 is 2.80 bits per heavy atom. The van der Waals surface area contributed by atoms with E-state index in [1.807, 2.05) is 31.3 Å². The van der Waals surface area contributed by atoms with Crippen molar-refractivity contribution < 1.29 is 9.90 Å². The summed E-state index contributed by atoms with van der Waals surface area (Å²) < 4.78 is 0.922. The predicted molar refractivity (Wildman–Crippen MR) is 80.7 cm³/mol. The van der Waals surface area contributed by atoms with Crippen LogP contribution in [0.25, 0.3) is 11.4 Å². The van der Waals surface area contributed by atoms with Gasteiger partial charge in [-0.15, -0.1) is 0 Å². The molecule has 0 spiro atoms. The highest BCUT2D eigenvalue weighted by atomic mass is 79.9. The van der Waals surface area contributed by atoms with Crippen molar-refractivity contribution in [1.29, 1.82) is 0 Å². The second kappa shape index (κ2) is 6.47. The van der Waals surface area contributed by atoms with Gasteiger partial charge in [0.2, 0.25) is 0 Å². The minimum Gasteiger partial charge on any atom is -0.481 e. The van der Waals surface area contributed by atoms with E-state index in [1.54, 1.807) is 17.2 Å². The third-order valence-corrected chi connectivity index (χ3v) is 3.50. The summed E-state index contributed by atoms with van der Waals surface area (Å²) in [4.78, 5) is 21.1. The Bertz CT molecular complexity index is 619. The summed E-state index contributed by atoms with van der Waals surface area (Å²) >= 11 is 3.47. The Hall–Kier alpha value is -1.95. The highest BCUT2D eigenvalue weighted by Gasteiger charge is 2.09. The Kier molecular flexibility index (Phi) is 4.68. The van der Waals surface area contributed by atoms with Crippen LogP contribution in [0, 0.1) is 0 Å². The lowest BCUT2D eigenvalue weighted by Crippen LogP contribution is -2.22. The van der Waals surface area contributed by atoms with Crippen molar-refractivity contribution in [2.24, 2.45) is 0 Å². The zero-order valence-corrected chi connectivity index (χ0v) is 12.5. The fourth-order valence-corrected chi connectivity index (χ4v) is 2.17. The number of rotatable bonds is 5. The van der Waals surface area contributed by atoms with E-state index in [0.29, 0.717) is 18.2 Å². The van der Waals surface area contributed by atoms with E-state index in [9.17, 15) is 4.79 Å². The molecule has 5 nitrogen and oxygen atoms in total. The average Bonchev–Trinajstić information content (AvgIpc) is 2.45. The lowest BCUT2D eigenvalue weighted by molar-refractivity contribution is -0.136. The van der Waals surface area contributed by atoms with Gasteiger partial charge < -0.3 is 10.0 Å². The molecule has 104 valence electrons. The van der Waals surface area contributed by atoms with Crippen molar-refractivity contribution in [3.8, 4) is 11.4 Å². The molecular formula is C14H14BrN3O2. The van der Waals surface area contributed by atoms with Crippen LogP contribution in [0.4, 0.5) is 5.82 Å². The molecule has 1 aromatic carbocycles. The average molecular weight is 336 g/mol. The summed E-state index contributed by atoms with van der Waals surface area (Å²) in [5.74, 6) is 0.487. The smallest absolute Gasteiger partial charge is 0.305 e. The van der Waals surface area contributed by atoms with E-state index in [4.69, 9.17) is 5.11 Å². The fourth-order valence-electron chi connectivity index (χ4n) is 1.71. The van der Waals surface area contributed by atoms with E-state index in [1.165, 1.54) is 0 Å². The maximum absolute atomic E-state index is 10.6. The number of benzene rings is 1. The van der Waals surface area contributed by atoms with Crippen LogP contribution in [0.2, 0.25) is 0 Å². The van der Waals surface area contributed by atoms with Gasteiger partial charge in [-0.25, -0.2) is 9.97 Å². The van der Waals surface area contributed by atoms with Crippen LogP contribution in [-0.2, 0) is 4.79 Å². The Labute approximate surface area is 125 Å². The van der Waals surface area contributed by atoms with Gasteiger partial charge in [0.1, 0.15) is 5.82 Å². The van der Waals surface area contributed by atoms with Gasteiger partial charge in [-0.2, -0.15) is 0 Å². The number of carboxylic acid groups (broad SMARTS) is 1. The van der Waals surface area contributed by atoms with E-state index in [2.05, 4.69) is 25.9 Å². The van der Waals surface area contributed by atoms with Crippen molar-refractivity contribution in [3.05, 3.63) is 41.0 Å². The number of anilines is 1. The zero-order chi connectivity index (χ0) is 14.5. The molecule has 6 heteroatoms. The topological polar surface area (TPSA) is 66.3 Å². The number of hydrogen-bond donors (Lipinski definition) is 1. The third kappa shape index (κ3) is 3.54. The van der Waals surface area contributed by atoms with Gasteiger partial charge in [0, 0.05) is 29.8 Å². The molecule has 0 saturated carbocycles. The molecule has 20 heavy (non-hydrogen) atoms. The highest BCUT2D eigenvalue weighted by molar-refractivity contribution is 9.10. The molecule has 2 rings (SSSR count). The number of nitrogens with zero attached hydrogens (tertiary/aromatic N) is 3. The second-order valence-electron chi connectivity index (χ2n) is 4.28. The van der Waals surface area contributed by atoms with Gasteiger partial charge in [-0.3, -0.25) is 4.79 Å².